The second kappa shape index (κ2) is 14.8. The van der Waals surface area contributed by atoms with E-state index in [1.165, 1.54) is 0 Å². The number of hydrogen-bond acceptors (Lipinski definition) is 5. The average Bonchev–Trinajstić information content (AvgIpc) is 1.49. The van der Waals surface area contributed by atoms with Gasteiger partial charge in [-0.15, -0.1) is 0 Å². The molecule has 0 aromatic rings. The van der Waals surface area contributed by atoms with Gasteiger partial charge in [-0.1, -0.05) is 0 Å². The molecule has 0 rings (SSSR count). The molecule has 16 heavy (non-hydrogen) atoms. The van der Waals surface area contributed by atoms with Crippen molar-refractivity contribution in [3.63, 3.8) is 0 Å². The summed E-state index contributed by atoms with van der Waals surface area (Å²) >= 11 is -11.4. The molecule has 0 saturated heterocycles. The summed E-state index contributed by atoms with van der Waals surface area (Å²) in [5.74, 6) is 0. The van der Waals surface area contributed by atoms with Gasteiger partial charge < -0.3 is 0 Å². The summed E-state index contributed by atoms with van der Waals surface area (Å²) < 4.78 is 58.2. The van der Waals surface area contributed by atoms with Gasteiger partial charge in [0, 0.05) is 0 Å². The molecule has 0 amide bonds. The van der Waals surface area contributed by atoms with Crippen molar-refractivity contribution in [2.24, 2.45) is 0 Å². The minimum absolute atomic E-state index is 0. The summed E-state index contributed by atoms with van der Waals surface area (Å²) in [5, 5.41) is 0. The summed E-state index contributed by atoms with van der Waals surface area (Å²) in [7, 11) is 0. The van der Waals surface area contributed by atoms with Crippen LogP contribution in [0.15, 0.2) is 0 Å². The summed E-state index contributed by atoms with van der Waals surface area (Å²) in [6, 6.07) is 0. The zero-order chi connectivity index (χ0) is 9.99. The zero-order valence-electron chi connectivity index (χ0n) is 5.22. The molecular weight excluding hydrogens is 466 g/mol. The topological polar surface area (TPSA) is 151 Å². The monoisotopic (exact) mass is 478 g/mol. The van der Waals surface area contributed by atoms with E-state index >= 15 is 0 Å². The van der Waals surface area contributed by atoms with Crippen molar-refractivity contribution < 1.29 is 36.1 Å². The van der Waals surface area contributed by atoms with Gasteiger partial charge >= 0.3 is 222 Å². The molecule has 15 heteroatoms. The van der Waals surface area contributed by atoms with Crippen LogP contribution in [0.3, 0.4) is 0 Å². The summed E-state index contributed by atoms with van der Waals surface area (Å²) in [4.78, 5) is 10.1. The fourth-order valence-corrected chi connectivity index (χ4v) is 1.46. The first kappa shape index (κ1) is 32.7. The third-order valence-electron chi connectivity index (χ3n) is 0.387. The normalized spacial score (nSPS) is 9.25. The molecular formula is CH12As2Ca4O9. The summed E-state index contributed by atoms with van der Waals surface area (Å²) in [6.45, 7) is 0. The Kier molecular flexibility index (Phi) is 30.2. The second-order valence-electron chi connectivity index (χ2n) is 1.41. The molecule has 88 valence electrons. The number of rotatable bonds is 2. The molecule has 0 heterocycles. The Morgan fingerprint density at radius 3 is 1.06 bits per heavy atom. The van der Waals surface area contributed by atoms with Crippen molar-refractivity contribution in [1.82, 2.24) is 0 Å². The molecule has 0 atom stereocenters. The first-order valence-electron chi connectivity index (χ1n) is 2.14. The van der Waals surface area contributed by atoms with Crippen LogP contribution in [0, 0.1) is 0 Å². The van der Waals surface area contributed by atoms with Crippen molar-refractivity contribution in [2.45, 2.75) is 0 Å². The van der Waals surface area contributed by atoms with Gasteiger partial charge in [0.05, 0.1) is 0 Å². The Balaban J connectivity index is -0.000000101. The zero-order valence-corrected chi connectivity index (χ0v) is 8.98. The quantitative estimate of drug-likeness (QED) is 0.284. The van der Waals surface area contributed by atoms with Crippen LogP contribution in [-0.2, 0) is 14.9 Å². The first-order chi connectivity index (χ1) is 5.10. The molecule has 4 N–H and O–H groups in total. The summed E-state index contributed by atoms with van der Waals surface area (Å²) in [5.41, 5.74) is 0. The SMILES string of the molecule is O=C(O[As](=O)(O)O)O[As](=O)(O)O.[CaH2].[CaH2].[CaH2].[CaH2]. The van der Waals surface area contributed by atoms with Crippen molar-refractivity contribution in [1.29, 1.82) is 0 Å². The van der Waals surface area contributed by atoms with Crippen molar-refractivity contribution in [3.05, 3.63) is 0 Å². The van der Waals surface area contributed by atoms with E-state index in [2.05, 4.69) is 7.45 Å². The fraction of sp³-hybridized carbons (Fsp3) is 0. The molecule has 0 radical (unpaired) electrons. The molecule has 0 spiro atoms. The molecule has 0 unspecified atom stereocenters. The van der Waals surface area contributed by atoms with Crippen LogP contribution in [0.4, 0.5) is 4.79 Å². The number of hydrogen-bond donors (Lipinski definition) is 4. The van der Waals surface area contributed by atoms with Gasteiger partial charge in [0.25, 0.3) is 0 Å². The van der Waals surface area contributed by atoms with Gasteiger partial charge in [0.2, 0.25) is 0 Å². The molecule has 0 aliphatic rings. The van der Waals surface area contributed by atoms with Crippen LogP contribution in [0.2, 0.25) is 0 Å². The predicted octanol–water partition coefficient (Wildman–Crippen LogP) is -6.82. The third-order valence-corrected chi connectivity index (χ3v) is 2.01. The van der Waals surface area contributed by atoms with Gasteiger partial charge in [0.15, 0.2) is 0 Å². The molecule has 0 aliphatic heterocycles. The summed E-state index contributed by atoms with van der Waals surface area (Å²) in [6.07, 6.45) is -2.09. The Labute approximate surface area is 216 Å². The standard InChI is InChI=1S/CH4As2O9.4Ca.8H/c4-1(11-2(5,6)7)12-3(8,9)10;;;;;;;;;;;;/h(H2,5,6,7)(H2,8,9,10);;;;;;;;;;;;. The maximum absolute atomic E-state index is 10.1. The van der Waals surface area contributed by atoms with E-state index in [9.17, 15) is 12.3 Å². The van der Waals surface area contributed by atoms with E-state index in [-0.39, 0.29) is 151 Å². The molecule has 9 nitrogen and oxygen atoms in total. The van der Waals surface area contributed by atoms with Crippen molar-refractivity contribution in [3.8, 4) is 0 Å². The molecule has 0 aromatic carbocycles. The van der Waals surface area contributed by atoms with Gasteiger partial charge in [-0.3, -0.25) is 0 Å². The van der Waals surface area contributed by atoms with Gasteiger partial charge in [0.1, 0.15) is 0 Å². The molecule has 0 fully saturated rings. The van der Waals surface area contributed by atoms with E-state index in [0.717, 1.165) is 0 Å². The van der Waals surface area contributed by atoms with Gasteiger partial charge in [-0.05, 0) is 0 Å². The van der Waals surface area contributed by atoms with Gasteiger partial charge in [-0.2, -0.15) is 0 Å². The van der Waals surface area contributed by atoms with Crippen molar-refractivity contribution in [2.75, 3.05) is 0 Å². The van der Waals surface area contributed by atoms with Crippen LogP contribution in [0.1, 0.15) is 0 Å². The van der Waals surface area contributed by atoms with Crippen molar-refractivity contribution >= 4 is 186 Å². The second-order valence-corrected chi connectivity index (χ2v) is 6.30. The van der Waals surface area contributed by atoms with E-state index < -0.39 is 35.2 Å². The van der Waals surface area contributed by atoms with E-state index in [1.807, 2.05) is 0 Å². The fourth-order valence-electron chi connectivity index (χ4n) is 0.211. The van der Waals surface area contributed by atoms with E-state index in [0.29, 0.717) is 0 Å². The maximum atomic E-state index is 10.1. The molecule has 0 aromatic heterocycles. The third kappa shape index (κ3) is 27.2. The molecule has 0 bridgehead atoms. The van der Waals surface area contributed by atoms with Crippen LogP contribution >= 0.6 is 0 Å². The minimum atomic E-state index is -5.69. The Morgan fingerprint density at radius 2 is 0.938 bits per heavy atom. The average molecular weight is 478 g/mol. The van der Waals surface area contributed by atoms with Crippen LogP contribution < -0.4 is 0 Å². The van der Waals surface area contributed by atoms with Crippen LogP contribution in [0.5, 0.6) is 0 Å². The molecule has 0 aliphatic carbocycles. The number of carbonyl (C=O) groups excluding carboxylic acids is 1. The Hall–Kier alpha value is 4.87. The van der Waals surface area contributed by atoms with Gasteiger partial charge in [-0.25, -0.2) is 0 Å². The van der Waals surface area contributed by atoms with E-state index in [4.69, 9.17) is 16.4 Å². The Morgan fingerprint density at radius 1 is 0.750 bits per heavy atom. The van der Waals surface area contributed by atoms with Crippen LogP contribution in [-0.4, -0.2) is 203 Å². The Bertz CT molecular complexity index is 241. The molecule has 0 saturated carbocycles. The predicted molar refractivity (Wildman–Crippen MR) is 63.5 cm³/mol. The van der Waals surface area contributed by atoms with E-state index in [1.54, 1.807) is 0 Å². The number of carbonyl (C=O) groups is 1. The first-order valence-corrected chi connectivity index (χ1v) is 8.56. The van der Waals surface area contributed by atoms with Crippen LogP contribution in [0.25, 0.3) is 0 Å².